The summed E-state index contributed by atoms with van der Waals surface area (Å²) in [6.45, 7) is 9.16. The molecule has 0 saturated heterocycles. The summed E-state index contributed by atoms with van der Waals surface area (Å²) in [6, 6.07) is 8.34. The Kier molecular flexibility index (Phi) is 3.96. The lowest BCUT2D eigenvalue weighted by atomic mass is 9.63. The largest absolute Gasteiger partial charge is 0.378 e. The normalized spacial score (nSPS) is 22.8. The second-order valence-corrected chi connectivity index (χ2v) is 7.21. The Bertz CT molecular complexity index is 732. The van der Waals surface area contributed by atoms with Gasteiger partial charge in [-0.2, -0.15) is 0 Å². The van der Waals surface area contributed by atoms with Crippen LogP contribution in [0, 0.1) is 12.3 Å². The van der Waals surface area contributed by atoms with E-state index in [4.69, 9.17) is 4.74 Å². The van der Waals surface area contributed by atoms with Gasteiger partial charge in [0.2, 0.25) is 0 Å². The molecule has 1 aromatic carbocycles. The number of ether oxygens (including phenoxy) is 1. The molecule has 4 heteroatoms. The number of carbonyl (C=O) groups excluding carboxylic acids is 1. The smallest absolute Gasteiger partial charge is 0.270 e. The fraction of sp³-hybridized carbons (Fsp3) is 0.526. The minimum Gasteiger partial charge on any atom is -0.378 e. The van der Waals surface area contributed by atoms with Crippen molar-refractivity contribution in [3.05, 3.63) is 35.5 Å². The van der Waals surface area contributed by atoms with Crippen LogP contribution in [0.25, 0.3) is 10.9 Å². The topological polar surface area (TPSA) is 45.3 Å². The molecule has 0 spiro atoms. The summed E-state index contributed by atoms with van der Waals surface area (Å²) < 4.78 is 5.77. The van der Waals surface area contributed by atoms with E-state index >= 15 is 0 Å². The number of aryl methyl sites for hydroxylation is 1. The molecule has 1 heterocycles. The number of nitrogens with one attached hydrogen (secondary N) is 1. The van der Waals surface area contributed by atoms with Crippen molar-refractivity contribution in [1.29, 1.82) is 0 Å². The van der Waals surface area contributed by atoms with E-state index in [1.165, 1.54) is 5.56 Å². The molecule has 1 fully saturated rings. The second-order valence-electron chi connectivity index (χ2n) is 7.21. The first-order valence-electron chi connectivity index (χ1n) is 8.32. The number of fused-ring (bicyclic) bond motifs is 1. The summed E-state index contributed by atoms with van der Waals surface area (Å²) in [5.41, 5.74) is 2.85. The molecule has 1 aliphatic carbocycles. The van der Waals surface area contributed by atoms with E-state index in [2.05, 4.69) is 44.0 Å². The number of aromatic nitrogens is 1. The van der Waals surface area contributed by atoms with Crippen LogP contribution in [0.5, 0.6) is 0 Å². The van der Waals surface area contributed by atoms with Gasteiger partial charge in [0.05, 0.1) is 6.10 Å². The highest BCUT2D eigenvalue weighted by molar-refractivity contribution is 5.98. The molecule has 2 atom stereocenters. The van der Waals surface area contributed by atoms with Crippen molar-refractivity contribution in [1.82, 2.24) is 9.88 Å². The average molecular weight is 314 g/mol. The van der Waals surface area contributed by atoms with Crippen LogP contribution >= 0.6 is 0 Å². The number of nitrogens with zero attached hydrogens (tertiary/aromatic N) is 1. The number of benzene rings is 1. The molecule has 4 nitrogen and oxygen atoms in total. The second kappa shape index (κ2) is 5.68. The number of amides is 1. The molecular weight excluding hydrogens is 288 g/mol. The van der Waals surface area contributed by atoms with Crippen LogP contribution in [0.2, 0.25) is 0 Å². The highest BCUT2D eigenvalue weighted by atomic mass is 16.5. The number of hydrogen-bond acceptors (Lipinski definition) is 2. The van der Waals surface area contributed by atoms with Gasteiger partial charge in [-0.3, -0.25) is 4.79 Å². The van der Waals surface area contributed by atoms with Crippen molar-refractivity contribution in [2.45, 2.75) is 46.3 Å². The van der Waals surface area contributed by atoms with Gasteiger partial charge >= 0.3 is 0 Å². The maximum Gasteiger partial charge on any atom is 0.270 e. The number of hydrogen-bond donors (Lipinski definition) is 1. The molecule has 1 N–H and O–H groups in total. The summed E-state index contributed by atoms with van der Waals surface area (Å²) >= 11 is 0. The summed E-state index contributed by atoms with van der Waals surface area (Å²) in [7, 11) is 1.90. The van der Waals surface area contributed by atoms with Gasteiger partial charge in [0, 0.05) is 36.0 Å². The summed E-state index contributed by atoms with van der Waals surface area (Å²) in [5.74, 6) is 0.0480. The Balaban J connectivity index is 1.79. The number of H-pyrrole nitrogens is 1. The van der Waals surface area contributed by atoms with E-state index in [1.54, 1.807) is 0 Å². The summed E-state index contributed by atoms with van der Waals surface area (Å²) in [6.07, 6.45) is 1.14. The molecule has 1 aromatic heterocycles. The lowest BCUT2D eigenvalue weighted by Gasteiger charge is -2.54. The molecule has 23 heavy (non-hydrogen) atoms. The van der Waals surface area contributed by atoms with Gasteiger partial charge in [0.15, 0.2) is 0 Å². The zero-order valence-electron chi connectivity index (χ0n) is 14.6. The van der Waals surface area contributed by atoms with Crippen molar-refractivity contribution in [2.24, 2.45) is 5.41 Å². The first-order chi connectivity index (χ1) is 10.8. The maximum absolute atomic E-state index is 12.8. The molecule has 2 aromatic rings. The molecular formula is C19H26N2O2. The third-order valence-corrected chi connectivity index (χ3v) is 5.29. The van der Waals surface area contributed by atoms with Crippen LogP contribution in [0.1, 0.15) is 43.2 Å². The van der Waals surface area contributed by atoms with Crippen LogP contribution in [-0.4, -0.2) is 41.6 Å². The lowest BCUT2D eigenvalue weighted by Crippen LogP contribution is -2.62. The van der Waals surface area contributed by atoms with Gasteiger partial charge in [-0.1, -0.05) is 26.0 Å². The minimum absolute atomic E-state index is 0.0109. The minimum atomic E-state index is -0.0109. The highest BCUT2D eigenvalue weighted by Gasteiger charge is 2.51. The van der Waals surface area contributed by atoms with Gasteiger partial charge in [0.25, 0.3) is 5.91 Å². The van der Waals surface area contributed by atoms with E-state index in [0.717, 1.165) is 23.9 Å². The van der Waals surface area contributed by atoms with E-state index in [9.17, 15) is 4.79 Å². The third-order valence-electron chi connectivity index (χ3n) is 5.29. The van der Waals surface area contributed by atoms with Gasteiger partial charge in [0.1, 0.15) is 5.69 Å². The van der Waals surface area contributed by atoms with Gasteiger partial charge in [-0.15, -0.1) is 0 Å². The molecule has 1 saturated carbocycles. The predicted octanol–water partition coefficient (Wildman–Crippen LogP) is 3.75. The van der Waals surface area contributed by atoms with Gasteiger partial charge in [-0.25, -0.2) is 0 Å². The SMILES string of the molecule is CCO[C@@H]1C[C@H](N(C)C(=O)c2cc3ccc(C)cc3[nH]2)C1(C)C. The highest BCUT2D eigenvalue weighted by Crippen LogP contribution is 2.45. The van der Waals surface area contributed by atoms with E-state index in [1.807, 2.05) is 24.9 Å². The monoisotopic (exact) mass is 314 g/mol. The van der Waals surface area contributed by atoms with Crippen molar-refractivity contribution in [3.63, 3.8) is 0 Å². The maximum atomic E-state index is 12.8. The van der Waals surface area contributed by atoms with E-state index < -0.39 is 0 Å². The molecule has 0 bridgehead atoms. The van der Waals surface area contributed by atoms with Gasteiger partial charge in [-0.05, 0) is 38.0 Å². The average Bonchev–Trinajstić information content (AvgIpc) is 2.92. The van der Waals surface area contributed by atoms with Crippen LogP contribution in [-0.2, 0) is 4.74 Å². The Morgan fingerprint density at radius 1 is 1.39 bits per heavy atom. The Hall–Kier alpha value is -1.81. The molecule has 3 rings (SSSR count). The fourth-order valence-corrected chi connectivity index (χ4v) is 3.69. The molecule has 0 radical (unpaired) electrons. The third kappa shape index (κ3) is 2.65. The Morgan fingerprint density at radius 3 is 2.78 bits per heavy atom. The van der Waals surface area contributed by atoms with Crippen molar-refractivity contribution in [2.75, 3.05) is 13.7 Å². The number of carbonyl (C=O) groups is 1. The number of aromatic amines is 1. The van der Waals surface area contributed by atoms with Crippen LogP contribution in [0.3, 0.4) is 0 Å². The van der Waals surface area contributed by atoms with Crippen LogP contribution in [0.15, 0.2) is 24.3 Å². The standard InChI is InChI=1S/C19H26N2O2/c1-6-23-17-11-16(19(17,3)4)21(5)18(22)15-10-13-8-7-12(2)9-14(13)20-15/h7-10,16-17,20H,6,11H2,1-5H3/t16-,17+/m0/s1. The predicted molar refractivity (Wildman–Crippen MR) is 92.7 cm³/mol. The van der Waals surface area contributed by atoms with Crippen LogP contribution in [0.4, 0.5) is 0 Å². The molecule has 1 amide bonds. The van der Waals surface area contributed by atoms with E-state index in [-0.39, 0.29) is 23.5 Å². The van der Waals surface area contributed by atoms with E-state index in [0.29, 0.717) is 5.69 Å². The summed E-state index contributed by atoms with van der Waals surface area (Å²) in [4.78, 5) is 18.0. The molecule has 124 valence electrons. The Labute approximate surface area is 137 Å². The zero-order chi connectivity index (χ0) is 16.8. The fourth-order valence-electron chi connectivity index (χ4n) is 3.69. The quantitative estimate of drug-likeness (QED) is 0.934. The Morgan fingerprint density at radius 2 is 2.13 bits per heavy atom. The molecule has 1 aliphatic rings. The first kappa shape index (κ1) is 16.1. The van der Waals surface area contributed by atoms with Crippen molar-refractivity contribution >= 4 is 16.8 Å². The van der Waals surface area contributed by atoms with Crippen molar-refractivity contribution < 1.29 is 9.53 Å². The molecule has 0 unspecified atom stereocenters. The van der Waals surface area contributed by atoms with Crippen molar-refractivity contribution in [3.8, 4) is 0 Å². The summed E-state index contributed by atoms with van der Waals surface area (Å²) in [5, 5.41) is 1.08. The van der Waals surface area contributed by atoms with Crippen LogP contribution < -0.4 is 0 Å². The first-order valence-corrected chi connectivity index (χ1v) is 8.32. The number of rotatable bonds is 4. The van der Waals surface area contributed by atoms with Gasteiger partial charge < -0.3 is 14.6 Å². The zero-order valence-corrected chi connectivity index (χ0v) is 14.6. The lowest BCUT2D eigenvalue weighted by molar-refractivity contribution is -0.136. The molecule has 0 aliphatic heterocycles.